The summed E-state index contributed by atoms with van der Waals surface area (Å²) in [5.41, 5.74) is 7.39. The topological polar surface area (TPSA) is 61.3 Å². The molecule has 1 aromatic heterocycles. The van der Waals surface area contributed by atoms with Gasteiger partial charge in [-0.15, -0.1) is 0 Å². The van der Waals surface area contributed by atoms with Crippen LogP contribution in [0.5, 0.6) is 5.75 Å². The Hall–Kier alpha value is -0.850. The number of nitrogens with zero attached hydrogens (tertiary/aromatic N) is 1. The first-order valence-electron chi connectivity index (χ1n) is 5.33. The highest BCUT2D eigenvalue weighted by Crippen LogP contribution is 2.35. The van der Waals surface area contributed by atoms with E-state index in [2.05, 4.69) is 37.0 Å². The van der Waals surface area contributed by atoms with Gasteiger partial charge in [-0.05, 0) is 56.5 Å². The summed E-state index contributed by atoms with van der Waals surface area (Å²) in [4.78, 5) is 0. The Bertz CT molecular complexity index is 532. The van der Waals surface area contributed by atoms with Crippen molar-refractivity contribution in [2.75, 3.05) is 0 Å². The van der Waals surface area contributed by atoms with Crippen LogP contribution in [0.2, 0.25) is 0 Å². The van der Waals surface area contributed by atoms with Crippen molar-refractivity contribution in [3.8, 4) is 5.75 Å². The average Bonchev–Trinajstić information content (AvgIpc) is 2.73. The Labute approximate surface area is 122 Å². The van der Waals surface area contributed by atoms with Crippen LogP contribution in [0.15, 0.2) is 31.7 Å². The van der Waals surface area contributed by atoms with Gasteiger partial charge in [0.25, 0.3) is 0 Å². The van der Waals surface area contributed by atoms with Crippen molar-refractivity contribution in [1.82, 2.24) is 5.16 Å². The third kappa shape index (κ3) is 3.13. The lowest BCUT2D eigenvalue weighted by Gasteiger charge is -2.10. The maximum Gasteiger partial charge on any atom is 0.148 e. The minimum absolute atomic E-state index is 0.358. The lowest BCUT2D eigenvalue weighted by Crippen LogP contribution is -2.00. The third-order valence-corrected chi connectivity index (χ3v) is 3.51. The molecule has 0 radical (unpaired) electrons. The van der Waals surface area contributed by atoms with E-state index in [0.717, 1.165) is 31.7 Å². The van der Waals surface area contributed by atoms with E-state index in [1.165, 1.54) is 0 Å². The first-order valence-corrected chi connectivity index (χ1v) is 6.91. The van der Waals surface area contributed by atoms with Crippen LogP contribution >= 0.6 is 31.9 Å². The molecular weight excluding hydrogens is 364 g/mol. The minimum atomic E-state index is 0.358. The smallest absolute Gasteiger partial charge is 0.148 e. The number of benzene rings is 1. The summed E-state index contributed by atoms with van der Waals surface area (Å²) in [5.74, 6) is 1.50. The lowest BCUT2D eigenvalue weighted by atomic mass is 10.2. The number of aryl methyl sites for hydroxylation is 1. The van der Waals surface area contributed by atoms with Crippen molar-refractivity contribution >= 4 is 31.9 Å². The number of aromatic nitrogens is 1. The average molecular weight is 376 g/mol. The standard InChI is InChI=1S/C12H12Br2N2O2/c1-7-2-9(16-18-7)6-17-12-10(13)3-8(5-15)4-11(12)14/h2-4H,5-6,15H2,1H3. The third-order valence-electron chi connectivity index (χ3n) is 2.33. The van der Waals surface area contributed by atoms with Gasteiger partial charge >= 0.3 is 0 Å². The van der Waals surface area contributed by atoms with Crippen molar-refractivity contribution in [3.63, 3.8) is 0 Å². The molecule has 0 amide bonds. The van der Waals surface area contributed by atoms with Crippen LogP contribution in [0.3, 0.4) is 0 Å². The molecule has 0 aliphatic heterocycles. The summed E-state index contributed by atoms with van der Waals surface area (Å²) < 4.78 is 12.4. The summed E-state index contributed by atoms with van der Waals surface area (Å²) in [6.07, 6.45) is 0. The summed E-state index contributed by atoms with van der Waals surface area (Å²) in [5, 5.41) is 3.87. The van der Waals surface area contributed by atoms with Crippen LogP contribution in [0.4, 0.5) is 0 Å². The molecule has 0 spiro atoms. The summed E-state index contributed by atoms with van der Waals surface area (Å²) in [7, 11) is 0. The molecule has 0 saturated carbocycles. The molecule has 6 heteroatoms. The van der Waals surface area contributed by atoms with Crippen LogP contribution in [0, 0.1) is 6.92 Å². The molecule has 0 aliphatic rings. The molecule has 2 N–H and O–H groups in total. The molecule has 0 atom stereocenters. The Morgan fingerprint density at radius 1 is 1.28 bits per heavy atom. The van der Waals surface area contributed by atoms with Gasteiger partial charge in [0.15, 0.2) is 0 Å². The SMILES string of the molecule is Cc1cc(COc2c(Br)cc(CN)cc2Br)no1. The van der Waals surface area contributed by atoms with Crippen LogP contribution in [0.25, 0.3) is 0 Å². The van der Waals surface area contributed by atoms with Gasteiger partial charge in [0.05, 0.1) is 8.95 Å². The molecule has 0 bridgehead atoms. The molecule has 0 fully saturated rings. The van der Waals surface area contributed by atoms with E-state index < -0.39 is 0 Å². The molecule has 4 nitrogen and oxygen atoms in total. The molecule has 96 valence electrons. The van der Waals surface area contributed by atoms with Gasteiger partial charge in [0, 0.05) is 12.6 Å². The molecule has 0 unspecified atom stereocenters. The monoisotopic (exact) mass is 374 g/mol. The predicted octanol–water partition coefficient (Wildman–Crippen LogP) is 3.55. The van der Waals surface area contributed by atoms with Gasteiger partial charge in [-0.25, -0.2) is 0 Å². The van der Waals surface area contributed by atoms with Crippen LogP contribution in [-0.4, -0.2) is 5.16 Å². The van der Waals surface area contributed by atoms with Crippen molar-refractivity contribution in [1.29, 1.82) is 0 Å². The number of nitrogens with two attached hydrogens (primary N) is 1. The Morgan fingerprint density at radius 3 is 2.44 bits per heavy atom. The van der Waals surface area contributed by atoms with E-state index in [9.17, 15) is 0 Å². The largest absolute Gasteiger partial charge is 0.485 e. The minimum Gasteiger partial charge on any atom is -0.485 e. The highest BCUT2D eigenvalue weighted by Gasteiger charge is 2.10. The molecule has 2 aromatic rings. The van der Waals surface area contributed by atoms with E-state index >= 15 is 0 Å². The first-order chi connectivity index (χ1) is 8.60. The van der Waals surface area contributed by atoms with Gasteiger partial charge in [-0.3, -0.25) is 0 Å². The quantitative estimate of drug-likeness (QED) is 0.887. The predicted molar refractivity (Wildman–Crippen MR) is 75.3 cm³/mol. The fourth-order valence-electron chi connectivity index (χ4n) is 1.50. The highest BCUT2D eigenvalue weighted by molar-refractivity contribution is 9.11. The zero-order valence-corrected chi connectivity index (χ0v) is 12.9. The van der Waals surface area contributed by atoms with Gasteiger partial charge in [0.2, 0.25) is 0 Å². The Morgan fingerprint density at radius 2 is 1.94 bits per heavy atom. The fraction of sp³-hybridized carbons (Fsp3) is 0.250. The zero-order chi connectivity index (χ0) is 13.1. The molecule has 0 saturated heterocycles. The van der Waals surface area contributed by atoms with E-state index in [-0.39, 0.29) is 0 Å². The van der Waals surface area contributed by atoms with Crippen LogP contribution < -0.4 is 10.5 Å². The number of hydrogen-bond acceptors (Lipinski definition) is 4. The van der Waals surface area contributed by atoms with Crippen molar-refractivity contribution in [2.24, 2.45) is 5.73 Å². The lowest BCUT2D eigenvalue weighted by molar-refractivity contribution is 0.284. The summed E-state index contributed by atoms with van der Waals surface area (Å²) in [6, 6.07) is 5.72. The van der Waals surface area contributed by atoms with Crippen molar-refractivity contribution < 1.29 is 9.26 Å². The second kappa shape index (κ2) is 5.86. The van der Waals surface area contributed by atoms with E-state index in [1.807, 2.05) is 25.1 Å². The fourth-order valence-corrected chi connectivity index (χ4v) is 3.01. The van der Waals surface area contributed by atoms with E-state index in [1.54, 1.807) is 0 Å². The Kier molecular flexibility index (Phi) is 4.42. The normalized spacial score (nSPS) is 10.7. The number of rotatable bonds is 4. The molecule has 0 aliphatic carbocycles. The Balaban J connectivity index is 2.14. The first kappa shape index (κ1) is 13.6. The molecular formula is C12H12Br2N2O2. The maximum atomic E-state index is 5.71. The summed E-state index contributed by atoms with van der Waals surface area (Å²) in [6.45, 7) is 2.69. The molecule has 2 rings (SSSR count). The number of ether oxygens (including phenoxy) is 1. The van der Waals surface area contributed by atoms with Gasteiger partial charge in [-0.1, -0.05) is 5.16 Å². The van der Waals surface area contributed by atoms with Gasteiger partial charge < -0.3 is 15.0 Å². The number of hydrogen-bond donors (Lipinski definition) is 1. The molecule has 1 aromatic carbocycles. The number of halogens is 2. The molecule has 1 heterocycles. The highest BCUT2D eigenvalue weighted by atomic mass is 79.9. The van der Waals surface area contributed by atoms with Gasteiger partial charge in [-0.2, -0.15) is 0 Å². The second-order valence-corrected chi connectivity index (χ2v) is 5.52. The zero-order valence-electron chi connectivity index (χ0n) is 9.74. The van der Waals surface area contributed by atoms with Crippen LogP contribution in [-0.2, 0) is 13.2 Å². The summed E-state index contributed by atoms with van der Waals surface area (Å²) >= 11 is 6.93. The van der Waals surface area contributed by atoms with E-state index in [4.69, 9.17) is 15.0 Å². The maximum absolute atomic E-state index is 5.71. The van der Waals surface area contributed by atoms with E-state index in [0.29, 0.717) is 13.2 Å². The van der Waals surface area contributed by atoms with Crippen molar-refractivity contribution in [3.05, 3.63) is 44.2 Å². The van der Waals surface area contributed by atoms with Crippen LogP contribution in [0.1, 0.15) is 17.0 Å². The van der Waals surface area contributed by atoms with Crippen molar-refractivity contribution in [2.45, 2.75) is 20.1 Å². The second-order valence-electron chi connectivity index (χ2n) is 3.81. The molecule has 18 heavy (non-hydrogen) atoms. The van der Waals surface area contributed by atoms with Gasteiger partial charge in [0.1, 0.15) is 23.8 Å².